The molecular formula is C14H20BrNO2. The Morgan fingerprint density at radius 3 is 2.56 bits per heavy atom. The number of ether oxygens (including phenoxy) is 2. The molecule has 2 rings (SSSR count). The summed E-state index contributed by atoms with van der Waals surface area (Å²) < 4.78 is 12.4. The molecule has 3 nitrogen and oxygen atoms in total. The highest BCUT2D eigenvalue weighted by Gasteiger charge is 2.21. The highest BCUT2D eigenvalue weighted by atomic mass is 79.9. The molecule has 4 heteroatoms. The topological polar surface area (TPSA) is 44.5 Å². The molecule has 0 radical (unpaired) electrons. The van der Waals surface area contributed by atoms with Crippen LogP contribution in [0.4, 0.5) is 0 Å². The predicted octanol–water partition coefficient (Wildman–Crippen LogP) is 3.11. The molecule has 2 N–H and O–H groups in total. The van der Waals surface area contributed by atoms with Crippen molar-refractivity contribution in [1.82, 2.24) is 0 Å². The fourth-order valence-corrected chi connectivity index (χ4v) is 2.49. The van der Waals surface area contributed by atoms with E-state index in [1.54, 1.807) is 0 Å². The van der Waals surface area contributed by atoms with Crippen LogP contribution in [0.2, 0.25) is 0 Å². The molecule has 0 heterocycles. The van der Waals surface area contributed by atoms with E-state index < -0.39 is 0 Å². The van der Waals surface area contributed by atoms with Crippen LogP contribution in [-0.2, 0) is 4.74 Å². The third kappa shape index (κ3) is 4.26. The summed E-state index contributed by atoms with van der Waals surface area (Å²) in [6, 6.07) is 8.01. The first kappa shape index (κ1) is 13.8. The second kappa shape index (κ2) is 7.12. The summed E-state index contributed by atoms with van der Waals surface area (Å²) in [6.45, 7) is 1.18. The first-order valence-electron chi connectivity index (χ1n) is 6.51. The van der Waals surface area contributed by atoms with E-state index in [4.69, 9.17) is 15.2 Å². The molecule has 1 aliphatic rings. The number of rotatable bonds is 5. The first-order valence-corrected chi connectivity index (χ1v) is 7.30. The van der Waals surface area contributed by atoms with E-state index in [1.165, 1.54) is 12.8 Å². The van der Waals surface area contributed by atoms with E-state index in [0.717, 1.165) is 23.1 Å². The van der Waals surface area contributed by atoms with E-state index >= 15 is 0 Å². The van der Waals surface area contributed by atoms with Crippen LogP contribution >= 0.6 is 15.9 Å². The first-order chi connectivity index (χ1) is 8.75. The van der Waals surface area contributed by atoms with Gasteiger partial charge in [0.25, 0.3) is 0 Å². The zero-order valence-corrected chi connectivity index (χ0v) is 12.1. The highest BCUT2D eigenvalue weighted by Crippen LogP contribution is 2.20. The Bertz CT molecular complexity index is 355. The molecule has 0 bridgehead atoms. The average molecular weight is 314 g/mol. The molecule has 100 valence electrons. The van der Waals surface area contributed by atoms with Crippen LogP contribution in [0.3, 0.4) is 0 Å². The fraction of sp³-hybridized carbons (Fsp3) is 0.571. The van der Waals surface area contributed by atoms with Crippen LogP contribution in [0.5, 0.6) is 5.75 Å². The minimum absolute atomic E-state index is 0.200. The summed E-state index contributed by atoms with van der Waals surface area (Å²) in [4.78, 5) is 0. The maximum absolute atomic E-state index is 6.02. The summed E-state index contributed by atoms with van der Waals surface area (Å²) in [6.07, 6.45) is 4.84. The van der Waals surface area contributed by atoms with Gasteiger partial charge in [0.15, 0.2) is 0 Å². The monoisotopic (exact) mass is 313 g/mol. The molecule has 0 aromatic heterocycles. The van der Waals surface area contributed by atoms with Crippen molar-refractivity contribution in [3.63, 3.8) is 0 Å². The lowest BCUT2D eigenvalue weighted by Crippen LogP contribution is -2.40. The summed E-state index contributed by atoms with van der Waals surface area (Å²) in [7, 11) is 0. The molecule has 0 amide bonds. The smallest absolute Gasteiger partial charge is 0.119 e. The Balaban J connectivity index is 1.65. The highest BCUT2D eigenvalue weighted by molar-refractivity contribution is 9.10. The zero-order chi connectivity index (χ0) is 12.8. The molecule has 2 unspecified atom stereocenters. The molecule has 2 atom stereocenters. The van der Waals surface area contributed by atoms with Gasteiger partial charge in [-0.3, -0.25) is 0 Å². The van der Waals surface area contributed by atoms with Crippen molar-refractivity contribution in [2.24, 2.45) is 5.73 Å². The number of nitrogens with two attached hydrogens (primary N) is 1. The maximum Gasteiger partial charge on any atom is 0.119 e. The van der Waals surface area contributed by atoms with Gasteiger partial charge >= 0.3 is 0 Å². The molecule has 0 saturated heterocycles. The number of benzene rings is 1. The van der Waals surface area contributed by atoms with Crippen LogP contribution in [-0.4, -0.2) is 25.4 Å². The van der Waals surface area contributed by atoms with E-state index in [0.29, 0.717) is 13.2 Å². The molecule has 1 aliphatic carbocycles. The SMILES string of the molecule is NC1CCCCC1OCCOc1ccc(Br)cc1. The van der Waals surface area contributed by atoms with E-state index in [9.17, 15) is 0 Å². The van der Waals surface area contributed by atoms with Gasteiger partial charge in [-0.1, -0.05) is 28.8 Å². The molecule has 0 aliphatic heterocycles. The van der Waals surface area contributed by atoms with Gasteiger partial charge in [0.05, 0.1) is 12.7 Å². The van der Waals surface area contributed by atoms with Gasteiger partial charge in [-0.05, 0) is 37.1 Å². The fourth-order valence-electron chi connectivity index (χ4n) is 2.22. The van der Waals surface area contributed by atoms with Gasteiger partial charge in [0, 0.05) is 10.5 Å². The van der Waals surface area contributed by atoms with Gasteiger partial charge in [-0.15, -0.1) is 0 Å². The maximum atomic E-state index is 6.02. The summed E-state index contributed by atoms with van der Waals surface area (Å²) in [5.74, 6) is 0.870. The Hall–Kier alpha value is -0.580. The third-order valence-electron chi connectivity index (χ3n) is 3.25. The van der Waals surface area contributed by atoms with Gasteiger partial charge in [0.1, 0.15) is 12.4 Å². The van der Waals surface area contributed by atoms with Crippen molar-refractivity contribution < 1.29 is 9.47 Å². The summed E-state index contributed by atoms with van der Waals surface area (Å²) in [5.41, 5.74) is 6.02. The van der Waals surface area contributed by atoms with E-state index in [-0.39, 0.29) is 12.1 Å². The van der Waals surface area contributed by atoms with Crippen molar-refractivity contribution in [2.45, 2.75) is 37.8 Å². The molecule has 18 heavy (non-hydrogen) atoms. The van der Waals surface area contributed by atoms with Crippen LogP contribution in [0.25, 0.3) is 0 Å². The molecular weight excluding hydrogens is 294 g/mol. The Labute approximate surface area is 117 Å². The number of hydrogen-bond acceptors (Lipinski definition) is 3. The normalized spacial score (nSPS) is 23.9. The van der Waals surface area contributed by atoms with E-state index in [2.05, 4.69) is 15.9 Å². The second-order valence-corrected chi connectivity index (χ2v) is 5.58. The molecule has 1 saturated carbocycles. The predicted molar refractivity (Wildman–Crippen MR) is 75.8 cm³/mol. The average Bonchev–Trinajstić information content (AvgIpc) is 2.39. The third-order valence-corrected chi connectivity index (χ3v) is 3.78. The second-order valence-electron chi connectivity index (χ2n) is 4.66. The van der Waals surface area contributed by atoms with Crippen molar-refractivity contribution >= 4 is 15.9 Å². The Morgan fingerprint density at radius 1 is 1.11 bits per heavy atom. The number of hydrogen-bond donors (Lipinski definition) is 1. The number of halogens is 1. The quantitative estimate of drug-likeness (QED) is 0.849. The molecule has 0 spiro atoms. The Kier molecular flexibility index (Phi) is 5.47. The van der Waals surface area contributed by atoms with Crippen LogP contribution in [0.15, 0.2) is 28.7 Å². The summed E-state index contributed by atoms with van der Waals surface area (Å²) in [5, 5.41) is 0. The van der Waals surface area contributed by atoms with Gasteiger partial charge in [-0.2, -0.15) is 0 Å². The largest absolute Gasteiger partial charge is 0.491 e. The van der Waals surface area contributed by atoms with Crippen LogP contribution in [0, 0.1) is 0 Å². The summed E-state index contributed by atoms with van der Waals surface area (Å²) >= 11 is 3.39. The van der Waals surface area contributed by atoms with Gasteiger partial charge in [-0.25, -0.2) is 0 Å². The van der Waals surface area contributed by atoms with Crippen molar-refractivity contribution in [2.75, 3.05) is 13.2 Å². The lowest BCUT2D eigenvalue weighted by Gasteiger charge is -2.28. The minimum atomic E-state index is 0.200. The standard InChI is InChI=1S/C14H20BrNO2/c15-11-5-7-12(8-6-11)17-9-10-18-14-4-2-1-3-13(14)16/h5-8,13-14H,1-4,9-10,16H2. The minimum Gasteiger partial charge on any atom is -0.491 e. The van der Waals surface area contributed by atoms with Gasteiger partial charge < -0.3 is 15.2 Å². The van der Waals surface area contributed by atoms with Crippen LogP contribution < -0.4 is 10.5 Å². The van der Waals surface area contributed by atoms with Crippen molar-refractivity contribution in [3.8, 4) is 5.75 Å². The molecule has 1 aromatic carbocycles. The lowest BCUT2D eigenvalue weighted by atomic mass is 9.93. The lowest BCUT2D eigenvalue weighted by molar-refractivity contribution is 0.00137. The Morgan fingerprint density at radius 2 is 1.83 bits per heavy atom. The van der Waals surface area contributed by atoms with Gasteiger partial charge in [0.2, 0.25) is 0 Å². The van der Waals surface area contributed by atoms with E-state index in [1.807, 2.05) is 24.3 Å². The van der Waals surface area contributed by atoms with Crippen molar-refractivity contribution in [1.29, 1.82) is 0 Å². The molecule has 1 aromatic rings. The van der Waals surface area contributed by atoms with Crippen LogP contribution in [0.1, 0.15) is 25.7 Å². The van der Waals surface area contributed by atoms with Crippen molar-refractivity contribution in [3.05, 3.63) is 28.7 Å². The molecule has 1 fully saturated rings. The zero-order valence-electron chi connectivity index (χ0n) is 10.5.